The van der Waals surface area contributed by atoms with E-state index in [9.17, 15) is 0 Å². The standard InChI is InChI=1S/C18H25N3/c1-14-7-3-6-10-17(14)18(2,19)13-15-11-12-21(20-15)16-8-4-5-9-16/h3,6-7,10-12,16H,4-5,8-9,13,19H2,1-2H3. The SMILES string of the molecule is Cc1ccccc1C(C)(N)Cc1ccn(C2CCCC2)n1. The molecule has 3 rings (SSSR count). The van der Waals surface area contributed by atoms with Gasteiger partial charge in [-0.05, 0) is 43.9 Å². The van der Waals surface area contributed by atoms with Crippen LogP contribution in [0.1, 0.15) is 55.5 Å². The van der Waals surface area contributed by atoms with Gasteiger partial charge in [0.05, 0.1) is 11.7 Å². The molecule has 1 unspecified atom stereocenters. The van der Waals surface area contributed by atoms with Crippen molar-refractivity contribution in [1.82, 2.24) is 9.78 Å². The van der Waals surface area contributed by atoms with Crippen LogP contribution in [0.3, 0.4) is 0 Å². The predicted molar refractivity (Wildman–Crippen MR) is 86.2 cm³/mol. The summed E-state index contributed by atoms with van der Waals surface area (Å²) >= 11 is 0. The maximum absolute atomic E-state index is 6.58. The molecule has 1 aliphatic carbocycles. The Labute approximate surface area is 127 Å². The summed E-state index contributed by atoms with van der Waals surface area (Å²) in [6.45, 7) is 4.22. The number of nitrogens with two attached hydrogens (primary N) is 1. The van der Waals surface area contributed by atoms with Crippen molar-refractivity contribution in [2.75, 3.05) is 0 Å². The molecule has 1 aromatic carbocycles. The van der Waals surface area contributed by atoms with E-state index in [1.54, 1.807) is 0 Å². The molecule has 0 radical (unpaired) electrons. The van der Waals surface area contributed by atoms with Crippen molar-refractivity contribution in [3.05, 3.63) is 53.3 Å². The van der Waals surface area contributed by atoms with Crippen molar-refractivity contribution < 1.29 is 0 Å². The van der Waals surface area contributed by atoms with Crippen LogP contribution in [0, 0.1) is 6.92 Å². The first kappa shape index (κ1) is 14.3. The van der Waals surface area contributed by atoms with Crippen LogP contribution in [0.5, 0.6) is 0 Å². The minimum Gasteiger partial charge on any atom is -0.321 e. The second kappa shape index (κ2) is 5.64. The number of nitrogens with zero attached hydrogens (tertiary/aromatic N) is 2. The second-order valence-corrected chi connectivity index (χ2v) is 6.63. The highest BCUT2D eigenvalue weighted by Crippen LogP contribution is 2.30. The molecule has 2 aromatic rings. The van der Waals surface area contributed by atoms with E-state index in [0.29, 0.717) is 6.04 Å². The summed E-state index contributed by atoms with van der Waals surface area (Å²) in [5.41, 5.74) is 9.76. The third-order valence-corrected chi connectivity index (χ3v) is 4.67. The van der Waals surface area contributed by atoms with Gasteiger partial charge in [-0.3, -0.25) is 4.68 Å². The van der Waals surface area contributed by atoms with Crippen LogP contribution in [0.2, 0.25) is 0 Å². The Kier molecular flexibility index (Phi) is 3.85. The van der Waals surface area contributed by atoms with Gasteiger partial charge in [0.25, 0.3) is 0 Å². The number of aromatic nitrogens is 2. The Hall–Kier alpha value is -1.61. The molecule has 0 bridgehead atoms. The highest BCUT2D eigenvalue weighted by molar-refractivity contribution is 5.33. The molecule has 21 heavy (non-hydrogen) atoms. The van der Waals surface area contributed by atoms with E-state index in [4.69, 9.17) is 10.8 Å². The minimum absolute atomic E-state index is 0.375. The minimum atomic E-state index is -0.375. The Morgan fingerprint density at radius 2 is 1.95 bits per heavy atom. The van der Waals surface area contributed by atoms with Gasteiger partial charge in [0.1, 0.15) is 0 Å². The largest absolute Gasteiger partial charge is 0.321 e. The van der Waals surface area contributed by atoms with Gasteiger partial charge in [-0.2, -0.15) is 5.10 Å². The highest BCUT2D eigenvalue weighted by atomic mass is 15.3. The summed E-state index contributed by atoms with van der Waals surface area (Å²) in [6.07, 6.45) is 8.09. The van der Waals surface area contributed by atoms with E-state index in [2.05, 4.69) is 55.1 Å². The van der Waals surface area contributed by atoms with E-state index in [1.165, 1.54) is 36.8 Å². The molecule has 2 N–H and O–H groups in total. The number of rotatable bonds is 4. The molecule has 112 valence electrons. The molecule has 1 saturated carbocycles. The Balaban J connectivity index is 1.78. The lowest BCUT2D eigenvalue weighted by Gasteiger charge is -2.26. The van der Waals surface area contributed by atoms with Crippen LogP contribution in [-0.4, -0.2) is 9.78 Å². The van der Waals surface area contributed by atoms with Crippen molar-refractivity contribution in [2.45, 2.75) is 57.5 Å². The van der Waals surface area contributed by atoms with Gasteiger partial charge in [-0.1, -0.05) is 37.1 Å². The zero-order valence-corrected chi connectivity index (χ0v) is 13.0. The average molecular weight is 283 g/mol. The molecule has 1 aliphatic rings. The molecular formula is C18H25N3. The van der Waals surface area contributed by atoms with Crippen LogP contribution in [-0.2, 0) is 12.0 Å². The van der Waals surface area contributed by atoms with Crippen LogP contribution < -0.4 is 5.73 Å². The van der Waals surface area contributed by atoms with Crippen molar-refractivity contribution >= 4 is 0 Å². The molecule has 0 aliphatic heterocycles. The zero-order chi connectivity index (χ0) is 14.9. The molecule has 1 heterocycles. The quantitative estimate of drug-likeness (QED) is 0.929. The fourth-order valence-electron chi connectivity index (χ4n) is 3.53. The predicted octanol–water partition coefficient (Wildman–Crippen LogP) is 3.72. The number of hydrogen-bond acceptors (Lipinski definition) is 2. The van der Waals surface area contributed by atoms with E-state index >= 15 is 0 Å². The number of benzene rings is 1. The van der Waals surface area contributed by atoms with Gasteiger partial charge in [0.15, 0.2) is 0 Å². The zero-order valence-electron chi connectivity index (χ0n) is 13.0. The monoisotopic (exact) mass is 283 g/mol. The molecular weight excluding hydrogens is 258 g/mol. The first-order valence-electron chi connectivity index (χ1n) is 7.95. The van der Waals surface area contributed by atoms with Crippen LogP contribution in [0.15, 0.2) is 36.5 Å². The third kappa shape index (κ3) is 3.03. The van der Waals surface area contributed by atoms with Crippen molar-refractivity contribution in [1.29, 1.82) is 0 Å². The first-order chi connectivity index (χ1) is 10.1. The topological polar surface area (TPSA) is 43.8 Å². The Morgan fingerprint density at radius 3 is 2.67 bits per heavy atom. The van der Waals surface area contributed by atoms with Crippen molar-refractivity contribution in [3.8, 4) is 0 Å². The summed E-state index contributed by atoms with van der Waals surface area (Å²) in [7, 11) is 0. The van der Waals surface area contributed by atoms with Crippen molar-refractivity contribution in [2.24, 2.45) is 5.73 Å². The summed E-state index contributed by atoms with van der Waals surface area (Å²) < 4.78 is 2.15. The second-order valence-electron chi connectivity index (χ2n) is 6.63. The molecule has 1 fully saturated rings. The maximum Gasteiger partial charge on any atom is 0.0646 e. The molecule has 0 amide bonds. The fourth-order valence-corrected chi connectivity index (χ4v) is 3.53. The Morgan fingerprint density at radius 1 is 1.24 bits per heavy atom. The van der Waals surface area contributed by atoms with Gasteiger partial charge in [-0.25, -0.2) is 0 Å². The van der Waals surface area contributed by atoms with Gasteiger partial charge < -0.3 is 5.73 Å². The summed E-state index contributed by atoms with van der Waals surface area (Å²) in [5.74, 6) is 0. The average Bonchev–Trinajstić information content (AvgIpc) is 3.09. The lowest BCUT2D eigenvalue weighted by atomic mass is 9.86. The normalized spacial score (nSPS) is 18.8. The number of aryl methyl sites for hydroxylation is 1. The first-order valence-corrected chi connectivity index (χ1v) is 7.95. The third-order valence-electron chi connectivity index (χ3n) is 4.67. The van der Waals surface area contributed by atoms with Gasteiger partial charge in [0, 0.05) is 18.2 Å². The molecule has 0 saturated heterocycles. The lowest BCUT2D eigenvalue weighted by molar-refractivity contribution is 0.444. The summed E-state index contributed by atoms with van der Waals surface area (Å²) in [5, 5.41) is 4.77. The molecule has 1 aromatic heterocycles. The molecule has 1 atom stereocenters. The smallest absolute Gasteiger partial charge is 0.0646 e. The van der Waals surface area contributed by atoms with E-state index in [-0.39, 0.29) is 5.54 Å². The van der Waals surface area contributed by atoms with Gasteiger partial charge in [-0.15, -0.1) is 0 Å². The van der Waals surface area contributed by atoms with Crippen LogP contribution in [0.4, 0.5) is 0 Å². The summed E-state index contributed by atoms with van der Waals surface area (Å²) in [4.78, 5) is 0. The lowest BCUT2D eigenvalue weighted by Crippen LogP contribution is -2.36. The molecule has 0 spiro atoms. The van der Waals surface area contributed by atoms with Gasteiger partial charge >= 0.3 is 0 Å². The van der Waals surface area contributed by atoms with E-state index in [1.807, 2.05) is 0 Å². The van der Waals surface area contributed by atoms with Crippen molar-refractivity contribution in [3.63, 3.8) is 0 Å². The van der Waals surface area contributed by atoms with Gasteiger partial charge in [0.2, 0.25) is 0 Å². The Bertz CT molecular complexity index is 606. The van der Waals surface area contributed by atoms with Crippen LogP contribution >= 0.6 is 0 Å². The van der Waals surface area contributed by atoms with E-state index < -0.39 is 0 Å². The summed E-state index contributed by atoms with van der Waals surface area (Å²) in [6, 6.07) is 11.1. The maximum atomic E-state index is 6.58. The molecule has 3 nitrogen and oxygen atoms in total. The van der Waals surface area contributed by atoms with E-state index in [0.717, 1.165) is 12.1 Å². The highest BCUT2D eigenvalue weighted by Gasteiger charge is 2.25. The molecule has 3 heteroatoms. The fraction of sp³-hybridized carbons (Fsp3) is 0.500. The van der Waals surface area contributed by atoms with Crippen LogP contribution in [0.25, 0.3) is 0 Å². The number of hydrogen-bond donors (Lipinski definition) is 1.